The molecular formula is C10H23N2. The van der Waals surface area contributed by atoms with Gasteiger partial charge in [-0.3, -0.25) is 5.73 Å². The van der Waals surface area contributed by atoms with Gasteiger partial charge < -0.3 is 4.90 Å². The molecule has 0 saturated carbocycles. The zero-order chi connectivity index (χ0) is 9.23. The first-order chi connectivity index (χ1) is 5.85. The highest BCUT2D eigenvalue weighted by Gasteiger charge is 2.00. The van der Waals surface area contributed by atoms with Gasteiger partial charge in [0, 0.05) is 6.54 Å². The Morgan fingerprint density at radius 3 is 1.92 bits per heavy atom. The number of rotatable bonds is 8. The maximum Gasteiger partial charge on any atom is 0.0100 e. The Labute approximate surface area is 77.1 Å². The van der Waals surface area contributed by atoms with Gasteiger partial charge in [0.2, 0.25) is 0 Å². The Hall–Kier alpha value is -0.0800. The van der Waals surface area contributed by atoms with E-state index >= 15 is 0 Å². The van der Waals surface area contributed by atoms with Crippen molar-refractivity contribution in [2.24, 2.45) is 0 Å². The second-order valence-electron chi connectivity index (χ2n) is 3.30. The molecule has 0 aliphatic heterocycles. The minimum Gasteiger partial charge on any atom is -0.303 e. The monoisotopic (exact) mass is 171 g/mol. The summed E-state index contributed by atoms with van der Waals surface area (Å²) in [6, 6.07) is 0. The van der Waals surface area contributed by atoms with Gasteiger partial charge in [0.1, 0.15) is 0 Å². The Morgan fingerprint density at radius 2 is 1.50 bits per heavy atom. The quantitative estimate of drug-likeness (QED) is 0.514. The molecule has 0 heterocycles. The smallest absolute Gasteiger partial charge is 0.0100 e. The number of hydrogen-bond donors (Lipinski definition) is 0. The van der Waals surface area contributed by atoms with E-state index in [0.717, 1.165) is 6.42 Å². The molecule has 2 heteroatoms. The van der Waals surface area contributed by atoms with Gasteiger partial charge in [0.25, 0.3) is 0 Å². The van der Waals surface area contributed by atoms with E-state index < -0.39 is 0 Å². The number of nitrogens with zero attached hydrogens (tertiary/aromatic N) is 1. The Bertz CT molecular complexity index is 77.9. The highest BCUT2D eigenvalue weighted by molar-refractivity contribution is 4.56. The van der Waals surface area contributed by atoms with Crippen LogP contribution >= 0.6 is 0 Å². The number of nitrogens with one attached hydrogen (secondary N) is 1. The highest BCUT2D eigenvalue weighted by Crippen LogP contribution is 1.97. The summed E-state index contributed by atoms with van der Waals surface area (Å²) in [4.78, 5) is 2.51. The van der Waals surface area contributed by atoms with Gasteiger partial charge in [-0.05, 0) is 45.3 Å². The summed E-state index contributed by atoms with van der Waals surface area (Å²) < 4.78 is 0. The van der Waals surface area contributed by atoms with Crippen molar-refractivity contribution in [3.8, 4) is 0 Å². The average molecular weight is 171 g/mol. The molecule has 0 atom stereocenters. The Kier molecular flexibility index (Phi) is 8.95. The van der Waals surface area contributed by atoms with Crippen LogP contribution in [-0.4, -0.2) is 31.1 Å². The molecule has 0 bridgehead atoms. The summed E-state index contributed by atoms with van der Waals surface area (Å²) in [5.41, 5.74) is 7.03. The predicted octanol–water partition coefficient (Wildman–Crippen LogP) is 2.17. The van der Waals surface area contributed by atoms with Crippen molar-refractivity contribution in [2.45, 2.75) is 39.5 Å². The fraction of sp³-hybridized carbons (Fsp3) is 1.00. The normalized spacial score (nSPS) is 11.0. The van der Waals surface area contributed by atoms with E-state index in [-0.39, 0.29) is 0 Å². The average Bonchev–Trinajstić information content (AvgIpc) is 2.06. The van der Waals surface area contributed by atoms with E-state index in [1.54, 1.807) is 0 Å². The third-order valence-corrected chi connectivity index (χ3v) is 1.98. The van der Waals surface area contributed by atoms with Crippen LogP contribution in [0.5, 0.6) is 0 Å². The fourth-order valence-corrected chi connectivity index (χ4v) is 1.43. The predicted molar refractivity (Wildman–Crippen MR) is 54.2 cm³/mol. The SMILES string of the molecule is CCCN(CCC)CCCC[NH]. The summed E-state index contributed by atoms with van der Waals surface area (Å²) in [6.07, 6.45) is 4.76. The van der Waals surface area contributed by atoms with E-state index in [9.17, 15) is 0 Å². The molecule has 0 aromatic rings. The van der Waals surface area contributed by atoms with Crippen molar-refractivity contribution >= 4 is 0 Å². The molecule has 0 spiro atoms. The molecule has 0 aliphatic carbocycles. The molecule has 0 fully saturated rings. The summed E-state index contributed by atoms with van der Waals surface area (Å²) in [5.74, 6) is 0. The molecular weight excluding hydrogens is 148 g/mol. The van der Waals surface area contributed by atoms with Gasteiger partial charge in [-0.25, -0.2) is 0 Å². The summed E-state index contributed by atoms with van der Waals surface area (Å²) in [5, 5.41) is 0. The molecule has 0 aliphatic rings. The van der Waals surface area contributed by atoms with Crippen LogP contribution in [0.1, 0.15) is 39.5 Å². The molecule has 0 rings (SSSR count). The van der Waals surface area contributed by atoms with Gasteiger partial charge >= 0.3 is 0 Å². The molecule has 0 unspecified atom stereocenters. The molecule has 0 amide bonds. The lowest BCUT2D eigenvalue weighted by Crippen LogP contribution is -2.26. The standard InChI is InChI=1S/C10H23N2/c1-3-8-12(9-4-2)10-6-5-7-11/h11H,3-10H2,1-2H3. The van der Waals surface area contributed by atoms with E-state index in [4.69, 9.17) is 5.73 Å². The molecule has 0 aromatic carbocycles. The highest BCUT2D eigenvalue weighted by atomic mass is 15.1. The molecule has 0 saturated heterocycles. The van der Waals surface area contributed by atoms with Gasteiger partial charge in [-0.2, -0.15) is 0 Å². The van der Waals surface area contributed by atoms with Crippen LogP contribution in [0.15, 0.2) is 0 Å². The zero-order valence-corrected chi connectivity index (χ0v) is 8.60. The number of hydrogen-bond acceptors (Lipinski definition) is 1. The van der Waals surface area contributed by atoms with Crippen molar-refractivity contribution < 1.29 is 0 Å². The molecule has 2 nitrogen and oxygen atoms in total. The van der Waals surface area contributed by atoms with E-state index in [0.29, 0.717) is 6.54 Å². The van der Waals surface area contributed by atoms with Crippen molar-refractivity contribution in [3.63, 3.8) is 0 Å². The minimum atomic E-state index is 0.589. The van der Waals surface area contributed by atoms with E-state index in [1.807, 2.05) is 0 Å². The van der Waals surface area contributed by atoms with Gasteiger partial charge in [0.05, 0.1) is 0 Å². The minimum absolute atomic E-state index is 0.589. The van der Waals surface area contributed by atoms with Crippen LogP contribution in [0.4, 0.5) is 0 Å². The third-order valence-electron chi connectivity index (χ3n) is 1.98. The first kappa shape index (κ1) is 11.9. The lowest BCUT2D eigenvalue weighted by molar-refractivity contribution is 0.269. The zero-order valence-electron chi connectivity index (χ0n) is 8.60. The Morgan fingerprint density at radius 1 is 0.917 bits per heavy atom. The van der Waals surface area contributed by atoms with Crippen LogP contribution in [0, 0.1) is 0 Å². The van der Waals surface area contributed by atoms with Crippen LogP contribution in [0.3, 0.4) is 0 Å². The Balaban J connectivity index is 3.34. The largest absolute Gasteiger partial charge is 0.303 e. The maximum absolute atomic E-state index is 7.03. The third kappa shape index (κ3) is 6.62. The lowest BCUT2D eigenvalue weighted by Gasteiger charge is -2.20. The summed E-state index contributed by atoms with van der Waals surface area (Å²) in [6.45, 7) is 8.70. The van der Waals surface area contributed by atoms with Crippen molar-refractivity contribution in [2.75, 3.05) is 26.2 Å². The number of unbranched alkanes of at least 4 members (excludes halogenated alkanes) is 1. The first-order valence-electron chi connectivity index (χ1n) is 5.22. The van der Waals surface area contributed by atoms with Gasteiger partial charge in [0.15, 0.2) is 0 Å². The first-order valence-corrected chi connectivity index (χ1v) is 5.22. The van der Waals surface area contributed by atoms with E-state index in [1.165, 1.54) is 38.9 Å². The van der Waals surface area contributed by atoms with Gasteiger partial charge in [-0.15, -0.1) is 0 Å². The molecule has 1 radical (unpaired) electrons. The van der Waals surface area contributed by atoms with Crippen molar-refractivity contribution in [3.05, 3.63) is 0 Å². The molecule has 0 aromatic heterocycles. The topological polar surface area (TPSA) is 27.0 Å². The second-order valence-corrected chi connectivity index (χ2v) is 3.30. The van der Waals surface area contributed by atoms with E-state index in [2.05, 4.69) is 18.7 Å². The van der Waals surface area contributed by atoms with Crippen LogP contribution in [-0.2, 0) is 0 Å². The lowest BCUT2D eigenvalue weighted by atomic mass is 10.2. The van der Waals surface area contributed by atoms with Crippen LogP contribution < -0.4 is 5.73 Å². The summed E-state index contributed by atoms with van der Waals surface area (Å²) >= 11 is 0. The molecule has 1 N–H and O–H groups in total. The van der Waals surface area contributed by atoms with Crippen molar-refractivity contribution in [1.82, 2.24) is 10.6 Å². The molecule has 73 valence electrons. The van der Waals surface area contributed by atoms with Crippen LogP contribution in [0.25, 0.3) is 0 Å². The van der Waals surface area contributed by atoms with Gasteiger partial charge in [-0.1, -0.05) is 13.8 Å². The second kappa shape index (κ2) is 9.01. The van der Waals surface area contributed by atoms with Crippen LogP contribution in [0.2, 0.25) is 0 Å². The van der Waals surface area contributed by atoms with Crippen molar-refractivity contribution in [1.29, 1.82) is 0 Å². The fourth-order valence-electron chi connectivity index (χ4n) is 1.43. The molecule has 12 heavy (non-hydrogen) atoms. The summed E-state index contributed by atoms with van der Waals surface area (Å²) in [7, 11) is 0. The maximum atomic E-state index is 7.03.